The van der Waals surface area contributed by atoms with Crippen molar-refractivity contribution < 1.29 is 4.74 Å². The van der Waals surface area contributed by atoms with Gasteiger partial charge in [-0.1, -0.05) is 12.1 Å². The fourth-order valence-corrected chi connectivity index (χ4v) is 1.65. The van der Waals surface area contributed by atoms with Gasteiger partial charge in [0.15, 0.2) is 0 Å². The van der Waals surface area contributed by atoms with Gasteiger partial charge in [0.2, 0.25) is 0 Å². The normalized spacial score (nSPS) is 11.8. The molecule has 0 aliphatic rings. The van der Waals surface area contributed by atoms with Crippen molar-refractivity contribution in [2.75, 3.05) is 6.61 Å². The molecule has 17 heavy (non-hydrogen) atoms. The van der Waals surface area contributed by atoms with Crippen LogP contribution in [0, 0.1) is 6.92 Å². The van der Waals surface area contributed by atoms with Gasteiger partial charge in [-0.3, -0.25) is 4.98 Å². The number of hydrogen-bond acceptors (Lipinski definition) is 3. The average Bonchev–Trinajstić information content (AvgIpc) is 2.24. The molecule has 0 aliphatic heterocycles. The number of nitrogens with zero attached hydrogens (tertiary/aromatic N) is 1. The Kier molecular flexibility index (Phi) is 3.03. The van der Waals surface area contributed by atoms with Crippen LogP contribution in [0.15, 0.2) is 30.3 Å². The summed E-state index contributed by atoms with van der Waals surface area (Å²) in [7, 11) is 0. The van der Waals surface area contributed by atoms with Crippen LogP contribution >= 0.6 is 0 Å². The van der Waals surface area contributed by atoms with Gasteiger partial charge in [-0.15, -0.1) is 0 Å². The predicted molar refractivity (Wildman–Crippen MR) is 70.2 cm³/mol. The first-order valence-electron chi connectivity index (χ1n) is 5.74. The largest absolute Gasteiger partial charge is 0.491 e. The number of aryl methyl sites for hydroxylation is 1. The molecule has 0 saturated carbocycles. The molecule has 0 amide bonds. The van der Waals surface area contributed by atoms with Gasteiger partial charge in [-0.05, 0) is 32.9 Å². The van der Waals surface area contributed by atoms with Crippen LogP contribution in [0.1, 0.15) is 19.5 Å². The van der Waals surface area contributed by atoms with Crippen molar-refractivity contribution >= 4 is 10.9 Å². The summed E-state index contributed by atoms with van der Waals surface area (Å²) in [5.74, 6) is 0.853. The van der Waals surface area contributed by atoms with Gasteiger partial charge in [-0.25, -0.2) is 0 Å². The third-order valence-corrected chi connectivity index (χ3v) is 2.41. The maximum atomic E-state index is 5.92. The maximum absolute atomic E-state index is 5.92. The molecule has 1 aromatic heterocycles. The zero-order valence-electron chi connectivity index (χ0n) is 10.5. The van der Waals surface area contributed by atoms with Gasteiger partial charge in [0.1, 0.15) is 12.4 Å². The maximum Gasteiger partial charge on any atom is 0.130 e. The second kappa shape index (κ2) is 4.34. The molecule has 0 radical (unpaired) electrons. The summed E-state index contributed by atoms with van der Waals surface area (Å²) in [6.07, 6.45) is 0. The van der Waals surface area contributed by atoms with E-state index < -0.39 is 0 Å². The van der Waals surface area contributed by atoms with Crippen LogP contribution in [0.4, 0.5) is 0 Å². The minimum atomic E-state index is -0.335. The van der Waals surface area contributed by atoms with Crippen molar-refractivity contribution in [2.45, 2.75) is 26.3 Å². The lowest BCUT2D eigenvalue weighted by molar-refractivity contribution is 0.245. The van der Waals surface area contributed by atoms with E-state index in [0.717, 1.165) is 22.3 Å². The molecule has 2 aromatic rings. The van der Waals surface area contributed by atoms with E-state index in [9.17, 15) is 0 Å². The molecule has 1 aromatic carbocycles. The topological polar surface area (TPSA) is 48.1 Å². The lowest BCUT2D eigenvalue weighted by atomic mass is 10.1. The van der Waals surface area contributed by atoms with Crippen LogP contribution in [-0.2, 0) is 0 Å². The number of benzene rings is 1. The Morgan fingerprint density at radius 3 is 2.71 bits per heavy atom. The van der Waals surface area contributed by atoms with Crippen molar-refractivity contribution in [2.24, 2.45) is 5.73 Å². The number of aromatic nitrogens is 1. The van der Waals surface area contributed by atoms with Crippen LogP contribution in [0.5, 0.6) is 5.75 Å². The molecular weight excluding hydrogens is 212 g/mol. The van der Waals surface area contributed by atoms with Gasteiger partial charge in [0.05, 0.1) is 5.52 Å². The van der Waals surface area contributed by atoms with E-state index in [1.54, 1.807) is 0 Å². The van der Waals surface area contributed by atoms with Crippen molar-refractivity contribution in [1.29, 1.82) is 0 Å². The Balaban J connectivity index is 2.39. The smallest absolute Gasteiger partial charge is 0.130 e. The lowest BCUT2D eigenvalue weighted by Crippen LogP contribution is -2.38. The second-order valence-electron chi connectivity index (χ2n) is 5.06. The van der Waals surface area contributed by atoms with E-state index in [0.29, 0.717) is 6.61 Å². The minimum Gasteiger partial charge on any atom is -0.491 e. The van der Waals surface area contributed by atoms with E-state index in [-0.39, 0.29) is 5.54 Å². The molecule has 0 saturated heterocycles. The van der Waals surface area contributed by atoms with Crippen molar-refractivity contribution in [3.05, 3.63) is 36.0 Å². The zero-order chi connectivity index (χ0) is 12.5. The highest BCUT2D eigenvalue weighted by Crippen LogP contribution is 2.25. The number of rotatable bonds is 3. The van der Waals surface area contributed by atoms with Crippen LogP contribution < -0.4 is 10.5 Å². The Morgan fingerprint density at radius 2 is 2.00 bits per heavy atom. The summed E-state index contributed by atoms with van der Waals surface area (Å²) in [5.41, 5.74) is 7.50. The van der Waals surface area contributed by atoms with Gasteiger partial charge < -0.3 is 10.5 Å². The average molecular weight is 230 g/mol. The molecule has 3 nitrogen and oxygen atoms in total. The third kappa shape index (κ3) is 2.94. The molecule has 0 aliphatic carbocycles. The summed E-state index contributed by atoms with van der Waals surface area (Å²) in [6.45, 7) is 6.35. The van der Waals surface area contributed by atoms with Gasteiger partial charge in [0, 0.05) is 22.7 Å². The first-order chi connectivity index (χ1) is 7.96. The fraction of sp³-hybridized carbons (Fsp3) is 0.357. The van der Waals surface area contributed by atoms with Crippen LogP contribution in [-0.4, -0.2) is 17.1 Å². The summed E-state index contributed by atoms with van der Waals surface area (Å²) in [6, 6.07) is 9.92. The van der Waals surface area contributed by atoms with E-state index >= 15 is 0 Å². The summed E-state index contributed by atoms with van der Waals surface area (Å²) < 4.78 is 5.80. The Morgan fingerprint density at radius 1 is 1.29 bits per heavy atom. The van der Waals surface area contributed by atoms with Crippen LogP contribution in [0.25, 0.3) is 10.9 Å². The van der Waals surface area contributed by atoms with E-state index in [2.05, 4.69) is 4.98 Å². The highest BCUT2D eigenvalue weighted by Gasteiger charge is 2.13. The molecule has 0 spiro atoms. The third-order valence-electron chi connectivity index (χ3n) is 2.41. The lowest BCUT2D eigenvalue weighted by Gasteiger charge is -2.20. The number of pyridine rings is 1. The Bertz CT molecular complexity index is 529. The van der Waals surface area contributed by atoms with Crippen LogP contribution in [0.2, 0.25) is 0 Å². The van der Waals surface area contributed by atoms with Crippen LogP contribution in [0.3, 0.4) is 0 Å². The summed E-state index contributed by atoms with van der Waals surface area (Å²) >= 11 is 0. The van der Waals surface area contributed by atoms with E-state index in [4.69, 9.17) is 10.5 Å². The molecule has 2 N–H and O–H groups in total. The van der Waals surface area contributed by atoms with Crippen molar-refractivity contribution in [1.82, 2.24) is 4.98 Å². The number of nitrogens with two attached hydrogens (primary N) is 1. The standard InChI is InChI=1S/C14H18N2O/c1-10-8-13(17-9-14(2,3)15)11-6-4-5-7-12(11)16-10/h4-8H,9,15H2,1-3H3. The van der Waals surface area contributed by atoms with E-state index in [1.807, 2.05) is 51.1 Å². The van der Waals surface area contributed by atoms with Gasteiger partial charge >= 0.3 is 0 Å². The molecule has 0 unspecified atom stereocenters. The molecular formula is C14H18N2O. The first kappa shape index (κ1) is 11.9. The first-order valence-corrected chi connectivity index (χ1v) is 5.74. The second-order valence-corrected chi connectivity index (χ2v) is 5.06. The highest BCUT2D eigenvalue weighted by molar-refractivity contribution is 5.85. The quantitative estimate of drug-likeness (QED) is 0.881. The molecule has 2 rings (SSSR count). The summed E-state index contributed by atoms with van der Waals surface area (Å²) in [4.78, 5) is 4.47. The molecule has 3 heteroatoms. The number of hydrogen-bond donors (Lipinski definition) is 1. The SMILES string of the molecule is Cc1cc(OCC(C)(C)N)c2ccccc2n1. The summed E-state index contributed by atoms with van der Waals surface area (Å²) in [5, 5.41) is 1.03. The van der Waals surface area contributed by atoms with Gasteiger partial charge in [-0.2, -0.15) is 0 Å². The predicted octanol–water partition coefficient (Wildman–Crippen LogP) is 2.66. The Hall–Kier alpha value is -1.61. The Labute approximate surface area is 102 Å². The molecule has 90 valence electrons. The number of para-hydroxylation sites is 1. The van der Waals surface area contributed by atoms with Gasteiger partial charge in [0.25, 0.3) is 0 Å². The highest BCUT2D eigenvalue weighted by atomic mass is 16.5. The van der Waals surface area contributed by atoms with Crippen molar-refractivity contribution in [3.8, 4) is 5.75 Å². The number of fused-ring (bicyclic) bond motifs is 1. The zero-order valence-corrected chi connectivity index (χ0v) is 10.5. The van der Waals surface area contributed by atoms with Crippen molar-refractivity contribution in [3.63, 3.8) is 0 Å². The van der Waals surface area contributed by atoms with E-state index in [1.165, 1.54) is 0 Å². The molecule has 0 bridgehead atoms. The number of ether oxygens (including phenoxy) is 1. The minimum absolute atomic E-state index is 0.335. The fourth-order valence-electron chi connectivity index (χ4n) is 1.65. The molecule has 1 heterocycles. The monoisotopic (exact) mass is 230 g/mol. The molecule has 0 atom stereocenters. The molecule has 0 fully saturated rings.